The summed E-state index contributed by atoms with van der Waals surface area (Å²) < 4.78 is 41.1. The number of benzene rings is 2. The fourth-order valence-corrected chi connectivity index (χ4v) is 3.63. The number of nitrogens with one attached hydrogen (secondary N) is 1. The van der Waals surface area contributed by atoms with Crippen molar-refractivity contribution in [3.63, 3.8) is 0 Å². The maximum Gasteiger partial charge on any atom is 0.297 e. The molecule has 0 saturated heterocycles. The molecule has 0 radical (unpaired) electrons. The summed E-state index contributed by atoms with van der Waals surface area (Å²) in [7, 11) is -3.98. The lowest BCUT2D eigenvalue weighted by Crippen LogP contribution is -2.41. The van der Waals surface area contributed by atoms with Crippen LogP contribution in [0.15, 0.2) is 65.6 Å². The molecule has 8 nitrogen and oxygen atoms in total. The number of carbonyl (C=O) groups excluding carboxylic acids is 1. The standard InChI is InChI=1S/C21H23NO7S/c1-14-3-9-18(10-4-14)30(25,26)27-13-20-19(24)11-12-21(29-20)28-17-7-5-16(6-8-17)22-15(2)23/h3-12,19-21,24H,13H2,1-2H3,(H,22,23). The molecule has 30 heavy (non-hydrogen) atoms. The predicted octanol–water partition coefficient (Wildman–Crippen LogP) is 2.38. The molecule has 1 aliphatic rings. The maximum atomic E-state index is 12.3. The van der Waals surface area contributed by atoms with E-state index in [0.29, 0.717) is 11.4 Å². The molecule has 2 aromatic carbocycles. The number of ether oxygens (including phenoxy) is 2. The predicted molar refractivity (Wildman–Crippen MR) is 109 cm³/mol. The molecule has 0 bridgehead atoms. The zero-order valence-corrected chi connectivity index (χ0v) is 17.3. The van der Waals surface area contributed by atoms with Crippen molar-refractivity contribution in [2.75, 3.05) is 11.9 Å². The van der Waals surface area contributed by atoms with Gasteiger partial charge in [0.1, 0.15) is 18.0 Å². The SMILES string of the molecule is CC(=O)Nc1ccc(OC2C=CC(O)C(COS(=O)(=O)c3ccc(C)cc3)O2)cc1. The third-order valence-corrected chi connectivity index (χ3v) is 5.58. The number of rotatable bonds is 7. The summed E-state index contributed by atoms with van der Waals surface area (Å²) in [5.74, 6) is 0.293. The number of hydrogen-bond donors (Lipinski definition) is 2. The van der Waals surface area contributed by atoms with Gasteiger partial charge in [0.25, 0.3) is 10.1 Å². The highest BCUT2D eigenvalue weighted by molar-refractivity contribution is 7.86. The van der Waals surface area contributed by atoms with Gasteiger partial charge in [0.2, 0.25) is 12.2 Å². The van der Waals surface area contributed by atoms with Crippen LogP contribution in [0, 0.1) is 6.92 Å². The average Bonchev–Trinajstić information content (AvgIpc) is 2.70. The van der Waals surface area contributed by atoms with Gasteiger partial charge in [-0.25, -0.2) is 0 Å². The van der Waals surface area contributed by atoms with Crippen molar-refractivity contribution < 1.29 is 32.0 Å². The lowest BCUT2D eigenvalue weighted by atomic mass is 10.1. The Kier molecular flexibility index (Phi) is 6.88. The first-order chi connectivity index (χ1) is 14.2. The van der Waals surface area contributed by atoms with Gasteiger partial charge in [-0.1, -0.05) is 23.8 Å². The van der Waals surface area contributed by atoms with Gasteiger partial charge in [0, 0.05) is 12.6 Å². The molecular formula is C21H23NO7S. The van der Waals surface area contributed by atoms with Crippen LogP contribution in [0.2, 0.25) is 0 Å². The van der Waals surface area contributed by atoms with E-state index in [-0.39, 0.29) is 17.4 Å². The zero-order valence-electron chi connectivity index (χ0n) is 16.5. The molecule has 2 N–H and O–H groups in total. The number of amides is 1. The Hall–Kier alpha value is -2.72. The fourth-order valence-electron chi connectivity index (χ4n) is 2.72. The van der Waals surface area contributed by atoms with Crippen molar-refractivity contribution in [2.24, 2.45) is 0 Å². The van der Waals surface area contributed by atoms with Gasteiger partial charge in [-0.2, -0.15) is 8.42 Å². The number of anilines is 1. The molecule has 1 heterocycles. The quantitative estimate of drug-likeness (QED) is 0.509. The van der Waals surface area contributed by atoms with Crippen molar-refractivity contribution in [1.82, 2.24) is 0 Å². The summed E-state index contributed by atoms with van der Waals surface area (Å²) >= 11 is 0. The minimum Gasteiger partial charge on any atom is -0.461 e. The third-order valence-electron chi connectivity index (χ3n) is 4.28. The number of hydrogen-bond acceptors (Lipinski definition) is 7. The molecule has 3 rings (SSSR count). The van der Waals surface area contributed by atoms with Crippen LogP contribution in [-0.4, -0.2) is 44.5 Å². The van der Waals surface area contributed by atoms with Crippen molar-refractivity contribution in [3.05, 3.63) is 66.2 Å². The summed E-state index contributed by atoms with van der Waals surface area (Å²) in [6, 6.07) is 12.9. The lowest BCUT2D eigenvalue weighted by Gasteiger charge is -2.29. The molecule has 1 aliphatic heterocycles. The molecule has 3 atom stereocenters. The number of aryl methyl sites for hydroxylation is 1. The Labute approximate surface area is 175 Å². The van der Waals surface area contributed by atoms with E-state index in [1.54, 1.807) is 36.4 Å². The minimum absolute atomic E-state index is 0.0287. The maximum absolute atomic E-state index is 12.3. The van der Waals surface area contributed by atoms with E-state index >= 15 is 0 Å². The Morgan fingerprint density at radius 2 is 1.77 bits per heavy atom. The van der Waals surface area contributed by atoms with Crippen LogP contribution >= 0.6 is 0 Å². The molecule has 0 spiro atoms. The largest absolute Gasteiger partial charge is 0.461 e. The summed E-state index contributed by atoms with van der Waals surface area (Å²) in [4.78, 5) is 11.1. The molecule has 9 heteroatoms. The van der Waals surface area contributed by atoms with Crippen molar-refractivity contribution in [1.29, 1.82) is 0 Å². The second-order valence-corrected chi connectivity index (χ2v) is 8.41. The zero-order chi connectivity index (χ0) is 21.7. The van der Waals surface area contributed by atoms with Crippen LogP contribution < -0.4 is 10.1 Å². The molecule has 1 amide bonds. The molecule has 2 aromatic rings. The van der Waals surface area contributed by atoms with Crippen LogP contribution in [0.25, 0.3) is 0 Å². The lowest BCUT2D eigenvalue weighted by molar-refractivity contribution is -0.139. The van der Waals surface area contributed by atoms with Gasteiger partial charge in [-0.3, -0.25) is 8.98 Å². The topological polar surface area (TPSA) is 111 Å². The second kappa shape index (κ2) is 9.40. The van der Waals surface area contributed by atoms with Gasteiger partial charge in [-0.15, -0.1) is 0 Å². The molecular weight excluding hydrogens is 410 g/mol. The minimum atomic E-state index is -3.98. The van der Waals surface area contributed by atoms with Crippen LogP contribution in [0.4, 0.5) is 5.69 Å². The number of aliphatic hydroxyl groups is 1. The Morgan fingerprint density at radius 1 is 1.10 bits per heavy atom. The van der Waals surface area contributed by atoms with E-state index in [2.05, 4.69) is 5.32 Å². The van der Waals surface area contributed by atoms with E-state index in [1.807, 2.05) is 6.92 Å². The normalized spacial score (nSPS) is 21.2. The Bertz CT molecular complexity index is 1000. The van der Waals surface area contributed by atoms with Gasteiger partial charge >= 0.3 is 0 Å². The number of aliphatic hydroxyl groups excluding tert-OH is 1. The van der Waals surface area contributed by atoms with Crippen LogP contribution in [-0.2, 0) is 23.8 Å². The average molecular weight is 433 g/mol. The molecule has 0 fully saturated rings. The van der Waals surface area contributed by atoms with Crippen molar-refractivity contribution in [3.8, 4) is 5.75 Å². The highest BCUT2D eigenvalue weighted by Gasteiger charge is 2.29. The molecule has 0 aromatic heterocycles. The highest BCUT2D eigenvalue weighted by Crippen LogP contribution is 2.22. The second-order valence-electron chi connectivity index (χ2n) is 6.79. The Morgan fingerprint density at radius 3 is 2.40 bits per heavy atom. The summed E-state index contributed by atoms with van der Waals surface area (Å²) in [5.41, 5.74) is 1.55. The van der Waals surface area contributed by atoms with E-state index < -0.39 is 28.6 Å². The van der Waals surface area contributed by atoms with Crippen LogP contribution in [0.3, 0.4) is 0 Å². The molecule has 3 unspecified atom stereocenters. The van der Waals surface area contributed by atoms with Gasteiger partial charge in [0.05, 0.1) is 11.5 Å². The first-order valence-electron chi connectivity index (χ1n) is 9.25. The smallest absolute Gasteiger partial charge is 0.297 e. The molecule has 0 saturated carbocycles. The van der Waals surface area contributed by atoms with Gasteiger partial charge in [-0.05, 0) is 49.4 Å². The fraction of sp³-hybridized carbons (Fsp3) is 0.286. The first-order valence-corrected chi connectivity index (χ1v) is 10.7. The van der Waals surface area contributed by atoms with Gasteiger partial charge in [0.15, 0.2) is 0 Å². The monoisotopic (exact) mass is 433 g/mol. The third kappa shape index (κ3) is 5.90. The van der Waals surface area contributed by atoms with Gasteiger partial charge < -0.3 is 19.9 Å². The van der Waals surface area contributed by atoms with Crippen molar-refractivity contribution in [2.45, 2.75) is 37.2 Å². The molecule has 160 valence electrons. The van der Waals surface area contributed by atoms with E-state index in [4.69, 9.17) is 13.7 Å². The van der Waals surface area contributed by atoms with Crippen LogP contribution in [0.1, 0.15) is 12.5 Å². The Balaban J connectivity index is 1.59. The van der Waals surface area contributed by atoms with E-state index in [1.165, 1.54) is 31.2 Å². The number of carbonyl (C=O) groups is 1. The van der Waals surface area contributed by atoms with E-state index in [0.717, 1.165) is 5.56 Å². The molecule has 0 aliphatic carbocycles. The van der Waals surface area contributed by atoms with Crippen LogP contribution in [0.5, 0.6) is 5.75 Å². The first kappa shape index (κ1) is 22.0. The highest BCUT2D eigenvalue weighted by atomic mass is 32.2. The summed E-state index contributed by atoms with van der Waals surface area (Å²) in [6.45, 7) is 2.89. The summed E-state index contributed by atoms with van der Waals surface area (Å²) in [5, 5.41) is 12.7. The summed E-state index contributed by atoms with van der Waals surface area (Å²) in [6.07, 6.45) is 0.179. The van der Waals surface area contributed by atoms with E-state index in [9.17, 15) is 18.3 Å². The van der Waals surface area contributed by atoms with Crippen molar-refractivity contribution >= 4 is 21.7 Å².